The van der Waals surface area contributed by atoms with Crippen LogP contribution in [0.25, 0.3) is 0 Å². The van der Waals surface area contributed by atoms with Crippen molar-refractivity contribution in [2.45, 2.75) is 65.3 Å². The van der Waals surface area contributed by atoms with Crippen molar-refractivity contribution in [2.24, 2.45) is 0 Å². The lowest BCUT2D eigenvalue weighted by Crippen LogP contribution is -2.28. The fraction of sp³-hybridized carbons (Fsp3) is 0.625. The summed E-state index contributed by atoms with van der Waals surface area (Å²) in [6, 6.07) is 4.83. The molecule has 0 unspecified atom stereocenters. The molecule has 0 fully saturated rings. The van der Waals surface area contributed by atoms with E-state index >= 15 is 0 Å². The van der Waals surface area contributed by atoms with Gasteiger partial charge in [-0.2, -0.15) is 0 Å². The van der Waals surface area contributed by atoms with Crippen LogP contribution in [0.4, 0.5) is 8.78 Å². The molecule has 1 aromatic rings. The molecule has 0 aliphatic carbocycles. The zero-order valence-electron chi connectivity index (χ0n) is 13.6. The Morgan fingerprint density at radius 3 is 2.18 bits per heavy atom. The van der Waals surface area contributed by atoms with Crippen LogP contribution in [0.3, 0.4) is 0 Å². The van der Waals surface area contributed by atoms with Gasteiger partial charge in [0.25, 0.3) is 6.48 Å². The Hall–Kier alpha value is -0.823. The maximum atomic E-state index is 13.1. The quantitative estimate of drug-likeness (QED) is 0.367. The summed E-state index contributed by atoms with van der Waals surface area (Å²) in [5, 5.41) is 0. The van der Waals surface area contributed by atoms with Gasteiger partial charge in [0.05, 0.1) is 12.2 Å². The molecule has 0 heterocycles. The standard InChI is InChI=1S/C16H24F2O3Si/c1-11(2)19-16(20-12(3)4)21-22-9-5-6-13-7-8-14(17)15(18)10-13/h7-8,10-12,16H,5-6,9H2,1-4H3. The van der Waals surface area contributed by atoms with Gasteiger partial charge in [-0.25, -0.2) is 8.78 Å². The summed E-state index contributed by atoms with van der Waals surface area (Å²) in [5.41, 5.74) is 0.789. The van der Waals surface area contributed by atoms with Crippen molar-refractivity contribution in [1.29, 1.82) is 0 Å². The molecule has 0 aromatic heterocycles. The largest absolute Gasteiger partial charge is 0.372 e. The molecule has 1 rings (SSSR count). The molecule has 0 bridgehead atoms. The molecule has 1 aromatic carbocycles. The lowest BCUT2D eigenvalue weighted by Gasteiger charge is -2.22. The SMILES string of the molecule is CC(C)OC(O[Si]CCCc1ccc(F)c(F)c1)OC(C)C. The Morgan fingerprint density at radius 1 is 1.00 bits per heavy atom. The van der Waals surface area contributed by atoms with E-state index in [-0.39, 0.29) is 22.0 Å². The van der Waals surface area contributed by atoms with Gasteiger partial charge in [-0.1, -0.05) is 6.07 Å². The number of ether oxygens (including phenoxy) is 2. The first-order chi connectivity index (χ1) is 10.4. The van der Waals surface area contributed by atoms with Crippen molar-refractivity contribution in [3.63, 3.8) is 0 Å². The second-order valence-electron chi connectivity index (χ2n) is 5.52. The molecule has 0 spiro atoms. The van der Waals surface area contributed by atoms with E-state index in [1.54, 1.807) is 6.07 Å². The van der Waals surface area contributed by atoms with Crippen LogP contribution in [0.15, 0.2) is 18.2 Å². The molecule has 0 aliphatic rings. The summed E-state index contributed by atoms with van der Waals surface area (Å²) >= 11 is 0. The average molecular weight is 330 g/mol. The number of benzene rings is 1. The molecule has 2 radical (unpaired) electrons. The van der Waals surface area contributed by atoms with Gasteiger partial charge in [0, 0.05) is 0 Å². The van der Waals surface area contributed by atoms with Crippen molar-refractivity contribution >= 4 is 9.76 Å². The van der Waals surface area contributed by atoms with Crippen LogP contribution in [0.5, 0.6) is 0 Å². The molecule has 6 heteroatoms. The fourth-order valence-corrected chi connectivity index (χ4v) is 2.41. The first kappa shape index (κ1) is 19.2. The Labute approximate surface area is 133 Å². The highest BCUT2D eigenvalue weighted by atomic mass is 28.2. The molecule has 0 N–H and O–H groups in total. The van der Waals surface area contributed by atoms with Crippen molar-refractivity contribution < 1.29 is 22.7 Å². The number of halogens is 2. The number of hydrogen-bond acceptors (Lipinski definition) is 3. The summed E-state index contributed by atoms with van der Waals surface area (Å²) < 4.78 is 42.5. The molecule has 0 amide bonds. The second-order valence-corrected chi connectivity index (χ2v) is 6.55. The molecular weight excluding hydrogens is 306 g/mol. The van der Waals surface area contributed by atoms with E-state index in [0.717, 1.165) is 24.1 Å². The summed E-state index contributed by atoms with van der Waals surface area (Å²) in [6.45, 7) is 7.04. The van der Waals surface area contributed by atoms with Crippen LogP contribution in [0, 0.1) is 11.6 Å². The van der Waals surface area contributed by atoms with Gasteiger partial charge in [-0.15, -0.1) is 0 Å². The summed E-state index contributed by atoms with van der Waals surface area (Å²) in [7, 11) is 0.240. The highest BCUT2D eigenvalue weighted by Gasteiger charge is 2.14. The monoisotopic (exact) mass is 330 g/mol. The van der Waals surface area contributed by atoms with Crippen LogP contribution in [0.2, 0.25) is 6.04 Å². The summed E-state index contributed by atoms with van der Waals surface area (Å²) in [6.07, 6.45) is 1.57. The van der Waals surface area contributed by atoms with Crippen molar-refractivity contribution in [1.82, 2.24) is 0 Å². The van der Waals surface area contributed by atoms with Gasteiger partial charge in [0.15, 0.2) is 11.6 Å². The lowest BCUT2D eigenvalue weighted by molar-refractivity contribution is -0.275. The van der Waals surface area contributed by atoms with E-state index in [9.17, 15) is 8.78 Å². The van der Waals surface area contributed by atoms with Gasteiger partial charge in [0.2, 0.25) is 9.76 Å². The first-order valence-electron chi connectivity index (χ1n) is 7.52. The molecule has 0 saturated carbocycles. The van der Waals surface area contributed by atoms with Crippen LogP contribution in [-0.2, 0) is 20.3 Å². The third kappa shape index (κ3) is 7.98. The average Bonchev–Trinajstić information content (AvgIpc) is 2.40. The molecule has 0 atom stereocenters. The normalized spacial score (nSPS) is 11.9. The van der Waals surface area contributed by atoms with E-state index < -0.39 is 18.1 Å². The maximum Gasteiger partial charge on any atom is 0.262 e. The summed E-state index contributed by atoms with van der Waals surface area (Å²) in [5.74, 6) is -1.61. The van der Waals surface area contributed by atoms with Crippen molar-refractivity contribution in [3.05, 3.63) is 35.4 Å². The minimum atomic E-state index is -0.812. The maximum absolute atomic E-state index is 13.1. The third-order valence-electron chi connectivity index (χ3n) is 2.67. The van der Waals surface area contributed by atoms with Crippen LogP contribution < -0.4 is 0 Å². The van der Waals surface area contributed by atoms with Crippen molar-refractivity contribution in [2.75, 3.05) is 0 Å². The minimum absolute atomic E-state index is 0.0238. The summed E-state index contributed by atoms with van der Waals surface area (Å²) in [4.78, 5) is 0. The van der Waals surface area contributed by atoms with Crippen LogP contribution in [0.1, 0.15) is 39.7 Å². The van der Waals surface area contributed by atoms with Crippen molar-refractivity contribution in [3.8, 4) is 0 Å². The predicted molar refractivity (Wildman–Crippen MR) is 82.6 cm³/mol. The Kier molecular flexibility index (Phi) is 8.78. The second kappa shape index (κ2) is 10.0. The number of rotatable bonds is 10. The highest BCUT2D eigenvalue weighted by molar-refractivity contribution is 6.27. The van der Waals surface area contributed by atoms with Gasteiger partial charge >= 0.3 is 0 Å². The molecule has 124 valence electrons. The number of aryl methyl sites for hydroxylation is 1. The van der Waals surface area contributed by atoms with Crippen LogP contribution >= 0.6 is 0 Å². The van der Waals surface area contributed by atoms with Gasteiger partial charge in [0.1, 0.15) is 0 Å². The van der Waals surface area contributed by atoms with E-state index in [1.165, 1.54) is 6.07 Å². The molecule has 22 heavy (non-hydrogen) atoms. The Bertz CT molecular complexity index is 431. The van der Waals surface area contributed by atoms with E-state index in [2.05, 4.69) is 0 Å². The molecule has 0 aliphatic heterocycles. The topological polar surface area (TPSA) is 27.7 Å². The Morgan fingerprint density at radius 2 is 1.64 bits per heavy atom. The zero-order valence-corrected chi connectivity index (χ0v) is 14.6. The molecule has 0 saturated heterocycles. The minimum Gasteiger partial charge on any atom is -0.372 e. The van der Waals surface area contributed by atoms with Gasteiger partial charge in [-0.05, 0) is 64.3 Å². The smallest absolute Gasteiger partial charge is 0.262 e. The molecule has 3 nitrogen and oxygen atoms in total. The van der Waals surface area contributed by atoms with Gasteiger partial charge in [-0.3, -0.25) is 0 Å². The lowest BCUT2D eigenvalue weighted by atomic mass is 10.1. The zero-order chi connectivity index (χ0) is 16.5. The van der Waals surface area contributed by atoms with E-state index in [1.807, 2.05) is 27.7 Å². The predicted octanol–water partition coefficient (Wildman–Crippen LogP) is 4.09. The first-order valence-corrected chi connectivity index (χ1v) is 8.63. The third-order valence-corrected chi connectivity index (χ3v) is 3.59. The van der Waals surface area contributed by atoms with E-state index in [4.69, 9.17) is 13.9 Å². The fourth-order valence-electron chi connectivity index (χ4n) is 1.72. The van der Waals surface area contributed by atoms with Crippen LogP contribution in [-0.4, -0.2) is 28.4 Å². The Balaban J connectivity index is 2.26. The molecular formula is C16H24F2O3Si. The highest BCUT2D eigenvalue weighted by Crippen LogP contribution is 2.12. The van der Waals surface area contributed by atoms with E-state index in [0.29, 0.717) is 6.42 Å². The van der Waals surface area contributed by atoms with Gasteiger partial charge < -0.3 is 13.9 Å². The number of hydrogen-bond donors (Lipinski definition) is 0.